The van der Waals surface area contributed by atoms with Gasteiger partial charge in [-0.1, -0.05) is 82.5 Å². The van der Waals surface area contributed by atoms with E-state index < -0.39 is 33.4 Å². The van der Waals surface area contributed by atoms with Crippen molar-refractivity contribution in [2.45, 2.75) is 102 Å². The number of anilines is 3. The first-order valence-corrected chi connectivity index (χ1v) is 28.5. The van der Waals surface area contributed by atoms with Crippen LogP contribution >= 0.6 is 11.3 Å². The van der Waals surface area contributed by atoms with Gasteiger partial charge in [-0.05, 0) is 84.8 Å². The van der Waals surface area contributed by atoms with E-state index in [4.69, 9.17) is 0 Å². The molecular weight excluding hydrogens is 991 g/mol. The van der Waals surface area contributed by atoms with Crippen LogP contribution in [0.15, 0.2) is 101 Å². The van der Waals surface area contributed by atoms with Gasteiger partial charge < -0.3 is 36.2 Å². The van der Waals surface area contributed by atoms with Crippen molar-refractivity contribution in [2.75, 3.05) is 62.3 Å². The summed E-state index contributed by atoms with van der Waals surface area (Å²) in [5, 5.41) is 27.5. The molecule has 2 aliphatic rings. The molecule has 0 bridgehead atoms. The molecule has 20 heteroatoms. The normalized spacial score (nSPS) is 16.7. The summed E-state index contributed by atoms with van der Waals surface area (Å²) in [5.74, 6) is -0.506. The number of rotatable bonds is 21. The third-order valence-electron chi connectivity index (χ3n) is 13.8. The van der Waals surface area contributed by atoms with Crippen molar-refractivity contribution in [1.29, 1.82) is 0 Å². The second-order valence-electron chi connectivity index (χ2n) is 20.7. The van der Waals surface area contributed by atoms with Gasteiger partial charge in [0.15, 0.2) is 15.5 Å². The number of aliphatic hydroxyl groups is 1. The lowest BCUT2D eigenvalue weighted by atomic mass is 9.85. The summed E-state index contributed by atoms with van der Waals surface area (Å²) in [6.45, 7) is 12.0. The summed E-state index contributed by atoms with van der Waals surface area (Å²) in [7, 11) is -3.30. The molecule has 0 aliphatic carbocycles. The number of carbonyl (C=O) groups is 4. The number of aryl methyl sites for hydroxylation is 1. The van der Waals surface area contributed by atoms with Gasteiger partial charge in [-0.2, -0.15) is 4.98 Å². The standard InChI is InChI=1S/C55H69N11O7S2/c1-37-50(74-36-58-37)40-17-15-38(16-18-40)33-57-52(70)46-32-43(67)34-65(46)53(71)51(55(2,3)4)61-48(68)14-9-7-6-8-10-27-56-49(69)35-63-28-30-64(31-29-63)42-23-21-41(22-24-42)59-54-60-47-13-11-12-45(66(47)62-54)39-19-25-44(26-20-39)75(5,72)73/h11-13,15-26,36,43,46,51,67H,6-10,14,27-35H2,1-5H3,(H,56,69)(H,57,70)(H,59,62)(H,61,68)/t43-,46+,51-/m1/s1. The molecule has 2 fully saturated rings. The predicted molar refractivity (Wildman–Crippen MR) is 292 cm³/mol. The third kappa shape index (κ3) is 14.4. The Balaban J connectivity index is 0.692. The van der Waals surface area contributed by atoms with Crippen molar-refractivity contribution in [3.63, 3.8) is 0 Å². The number of aromatic nitrogens is 4. The van der Waals surface area contributed by atoms with Gasteiger partial charge in [0.25, 0.3) is 0 Å². The Morgan fingerprint density at radius 2 is 1.52 bits per heavy atom. The summed E-state index contributed by atoms with van der Waals surface area (Å²) in [6.07, 6.45) is 4.88. The predicted octanol–water partition coefficient (Wildman–Crippen LogP) is 6.36. The van der Waals surface area contributed by atoms with E-state index in [0.29, 0.717) is 31.1 Å². The van der Waals surface area contributed by atoms with Crippen molar-refractivity contribution < 1.29 is 32.7 Å². The quantitative estimate of drug-likeness (QED) is 0.0496. The zero-order valence-electron chi connectivity index (χ0n) is 43.4. The van der Waals surface area contributed by atoms with Crippen molar-refractivity contribution in [1.82, 2.24) is 45.3 Å². The van der Waals surface area contributed by atoms with Crippen LogP contribution in [-0.4, -0.2) is 137 Å². The molecule has 0 spiro atoms. The van der Waals surface area contributed by atoms with Crippen LogP contribution in [0.1, 0.15) is 77.0 Å². The maximum Gasteiger partial charge on any atom is 0.247 e. The molecule has 5 N–H and O–H groups in total. The van der Waals surface area contributed by atoms with Crippen LogP contribution in [0.5, 0.6) is 0 Å². The molecule has 5 heterocycles. The maximum absolute atomic E-state index is 14.0. The molecule has 0 radical (unpaired) electrons. The minimum atomic E-state index is -3.30. The van der Waals surface area contributed by atoms with E-state index in [1.807, 2.05) is 87.8 Å². The largest absolute Gasteiger partial charge is 0.391 e. The SMILES string of the molecule is Cc1ncsc1-c1ccc(CNC(=O)[C@@H]2C[C@@H](O)CN2C(=O)[C@@H](NC(=O)CCCCCCCNC(=O)CN2CCN(c3ccc(Nc4nc5cccc(-c6ccc(S(C)(=O)=O)cc6)n5n4)cc3)CC2)C(C)(C)C)cc1. The molecular formula is C55H69N11O7S2. The van der Waals surface area contributed by atoms with Gasteiger partial charge in [0, 0.05) is 81.8 Å². The highest BCUT2D eigenvalue weighted by Gasteiger charge is 2.44. The number of hydrogen-bond acceptors (Lipinski definition) is 14. The monoisotopic (exact) mass is 1060 g/mol. The van der Waals surface area contributed by atoms with E-state index in [2.05, 4.69) is 58.3 Å². The van der Waals surface area contributed by atoms with E-state index in [0.717, 1.165) is 96.2 Å². The average Bonchev–Trinajstić information content (AvgIpc) is 4.13. The second kappa shape index (κ2) is 24.3. The number of thiazole rings is 1. The Bertz CT molecular complexity index is 3040. The summed E-state index contributed by atoms with van der Waals surface area (Å²) in [6, 6.07) is 26.7. The number of β-amino-alcohol motifs (C(OH)–C–C–N with tert-alkyl or cyclic N) is 1. The van der Waals surface area contributed by atoms with E-state index in [1.165, 1.54) is 11.2 Å². The van der Waals surface area contributed by atoms with Crippen LogP contribution < -0.4 is 26.2 Å². The number of nitrogens with zero attached hydrogens (tertiary/aromatic N) is 7. The Labute approximate surface area is 443 Å². The number of piperazine rings is 1. The average molecular weight is 1060 g/mol. The van der Waals surface area contributed by atoms with Gasteiger partial charge in [-0.25, -0.2) is 17.9 Å². The first-order chi connectivity index (χ1) is 35.9. The fourth-order valence-electron chi connectivity index (χ4n) is 9.54. The van der Waals surface area contributed by atoms with Crippen molar-refractivity contribution in [3.8, 4) is 21.7 Å². The molecule has 2 aliphatic heterocycles. The van der Waals surface area contributed by atoms with E-state index in [-0.39, 0.29) is 54.5 Å². The van der Waals surface area contributed by atoms with Crippen LogP contribution in [0.4, 0.5) is 17.3 Å². The smallest absolute Gasteiger partial charge is 0.247 e. The zero-order chi connectivity index (χ0) is 53.3. The van der Waals surface area contributed by atoms with Crippen LogP contribution in [0.3, 0.4) is 0 Å². The van der Waals surface area contributed by atoms with E-state index >= 15 is 0 Å². The van der Waals surface area contributed by atoms with Gasteiger partial charge >= 0.3 is 0 Å². The number of pyridine rings is 1. The molecule has 75 heavy (non-hydrogen) atoms. The highest BCUT2D eigenvalue weighted by Crippen LogP contribution is 2.30. The number of aliphatic hydroxyl groups excluding tert-OH is 1. The number of fused-ring (bicyclic) bond motifs is 1. The Kier molecular flexibility index (Phi) is 17.7. The molecule has 3 aromatic carbocycles. The van der Waals surface area contributed by atoms with Gasteiger partial charge in [0.1, 0.15) is 12.1 Å². The molecule has 3 aromatic heterocycles. The van der Waals surface area contributed by atoms with Crippen LogP contribution in [0, 0.1) is 12.3 Å². The molecule has 8 rings (SSSR count). The minimum Gasteiger partial charge on any atom is -0.391 e. The molecule has 0 unspecified atom stereocenters. The number of hydrogen-bond donors (Lipinski definition) is 5. The maximum atomic E-state index is 14.0. The van der Waals surface area contributed by atoms with Crippen molar-refractivity contribution >= 4 is 67.8 Å². The van der Waals surface area contributed by atoms with Gasteiger partial charge in [-0.15, -0.1) is 16.4 Å². The number of sulfone groups is 1. The highest BCUT2D eigenvalue weighted by atomic mass is 32.2. The highest BCUT2D eigenvalue weighted by molar-refractivity contribution is 7.90. The lowest BCUT2D eigenvalue weighted by Crippen LogP contribution is -2.57. The molecule has 2 saturated heterocycles. The van der Waals surface area contributed by atoms with E-state index in [1.54, 1.807) is 40.1 Å². The number of benzene rings is 3. The van der Waals surface area contributed by atoms with Gasteiger partial charge in [0.2, 0.25) is 29.6 Å². The van der Waals surface area contributed by atoms with Crippen LogP contribution in [0.25, 0.3) is 27.3 Å². The number of nitrogens with one attached hydrogen (secondary N) is 4. The first-order valence-electron chi connectivity index (χ1n) is 25.7. The van der Waals surface area contributed by atoms with Gasteiger partial charge in [-0.3, -0.25) is 24.1 Å². The summed E-state index contributed by atoms with van der Waals surface area (Å²) < 4.78 is 25.6. The zero-order valence-corrected chi connectivity index (χ0v) is 45.1. The lowest BCUT2D eigenvalue weighted by molar-refractivity contribution is -0.144. The topological polar surface area (TPSA) is 224 Å². The number of carbonyl (C=O) groups excluding carboxylic acids is 4. The Morgan fingerprint density at radius 3 is 2.20 bits per heavy atom. The molecule has 18 nitrogen and oxygen atoms in total. The fourth-order valence-corrected chi connectivity index (χ4v) is 11.0. The summed E-state index contributed by atoms with van der Waals surface area (Å²) in [5.41, 5.74) is 8.29. The fraction of sp³-hybridized carbons (Fsp3) is 0.436. The van der Waals surface area contributed by atoms with Gasteiger partial charge in [0.05, 0.1) is 39.3 Å². The first kappa shape index (κ1) is 54.5. The van der Waals surface area contributed by atoms with Crippen molar-refractivity contribution in [2.24, 2.45) is 5.41 Å². The Hall–Kier alpha value is -6.74. The minimum absolute atomic E-state index is 0.00979. The van der Waals surface area contributed by atoms with E-state index in [9.17, 15) is 32.7 Å². The van der Waals surface area contributed by atoms with Crippen LogP contribution in [-0.2, 0) is 35.6 Å². The second-order valence-corrected chi connectivity index (χ2v) is 23.5. The number of amides is 4. The molecule has 4 amide bonds. The van der Waals surface area contributed by atoms with Crippen molar-refractivity contribution in [3.05, 3.63) is 108 Å². The Morgan fingerprint density at radius 1 is 0.827 bits per heavy atom. The molecule has 3 atom stereocenters. The molecule has 6 aromatic rings. The number of likely N-dealkylation sites (tertiary alicyclic amines) is 1. The molecule has 398 valence electrons. The molecule has 0 saturated carbocycles. The third-order valence-corrected chi connectivity index (χ3v) is 15.9. The summed E-state index contributed by atoms with van der Waals surface area (Å²) >= 11 is 1.58. The lowest BCUT2D eigenvalue weighted by Gasteiger charge is -2.35. The van der Waals surface area contributed by atoms with Crippen LogP contribution in [0.2, 0.25) is 0 Å². The number of unbranched alkanes of at least 4 members (excludes halogenated alkanes) is 4. The summed E-state index contributed by atoms with van der Waals surface area (Å²) in [4.78, 5) is 69.8.